The van der Waals surface area contributed by atoms with E-state index in [2.05, 4.69) is 0 Å². The topological polar surface area (TPSA) is 110 Å². The molecule has 0 aromatic heterocycles. The van der Waals surface area contributed by atoms with E-state index in [1.54, 1.807) is 12.2 Å². The predicted molar refractivity (Wildman–Crippen MR) is 103 cm³/mol. The zero-order valence-corrected chi connectivity index (χ0v) is 15.9. The number of benzene rings is 1. The Kier molecular flexibility index (Phi) is 9.20. The van der Waals surface area contributed by atoms with Crippen LogP contribution in [0.4, 0.5) is 0 Å². The molecule has 1 aliphatic carbocycles. The molecule has 6 heteroatoms. The van der Waals surface area contributed by atoms with Crippen molar-refractivity contribution in [3.05, 3.63) is 54.6 Å². The summed E-state index contributed by atoms with van der Waals surface area (Å²) in [5.41, 5.74) is 0. The van der Waals surface area contributed by atoms with E-state index >= 15 is 0 Å². The SMILES string of the molecule is O=C([O-])CCC/C=C\CC1C(/C=C/[C@@H](O)COc2ccccc2)[C@H](O)C[C@@H]1O. The number of ether oxygens (including phenoxy) is 1. The Hall–Kier alpha value is -2.15. The maximum Gasteiger partial charge on any atom is 0.119 e. The van der Waals surface area contributed by atoms with Crippen molar-refractivity contribution < 1.29 is 30.0 Å². The van der Waals surface area contributed by atoms with Crippen LogP contribution in [0.5, 0.6) is 5.75 Å². The molecular weight excluding hydrogens is 360 g/mol. The van der Waals surface area contributed by atoms with Crippen molar-refractivity contribution in [3.8, 4) is 5.75 Å². The Morgan fingerprint density at radius 1 is 1.21 bits per heavy atom. The van der Waals surface area contributed by atoms with E-state index in [1.807, 2.05) is 42.5 Å². The minimum Gasteiger partial charge on any atom is -0.550 e. The first-order valence-corrected chi connectivity index (χ1v) is 9.72. The van der Waals surface area contributed by atoms with Crippen LogP contribution in [0, 0.1) is 11.8 Å². The van der Waals surface area contributed by atoms with E-state index in [0.717, 1.165) is 0 Å². The number of carboxylic acid groups (broad SMARTS) is 1. The standard InChI is InChI=1S/C22H30O6/c23-16(15-28-17-8-4-3-5-9-17)12-13-19-18(20(24)14-21(19)25)10-6-1-2-7-11-22(26)27/h1,3-6,8-9,12-13,16,18-21,23-25H,2,7,10-11,14-15H2,(H,26,27)/p-1/b6-1-,13-12+/t16-,18?,19?,20+,21-/m1/s1. The molecule has 28 heavy (non-hydrogen) atoms. The van der Waals surface area contributed by atoms with Crippen LogP contribution < -0.4 is 9.84 Å². The van der Waals surface area contributed by atoms with E-state index in [0.29, 0.717) is 31.4 Å². The lowest BCUT2D eigenvalue weighted by atomic mass is 9.89. The Balaban J connectivity index is 1.82. The Morgan fingerprint density at radius 3 is 2.68 bits per heavy atom. The van der Waals surface area contributed by atoms with Gasteiger partial charge in [0.15, 0.2) is 0 Å². The Morgan fingerprint density at radius 2 is 1.96 bits per heavy atom. The smallest absolute Gasteiger partial charge is 0.119 e. The molecule has 1 fully saturated rings. The van der Waals surface area contributed by atoms with E-state index in [9.17, 15) is 25.2 Å². The summed E-state index contributed by atoms with van der Waals surface area (Å²) in [7, 11) is 0. The summed E-state index contributed by atoms with van der Waals surface area (Å²) in [6.07, 6.45) is 7.14. The molecule has 2 rings (SSSR count). The number of allylic oxidation sites excluding steroid dienone is 2. The molecule has 1 aliphatic rings. The van der Waals surface area contributed by atoms with Gasteiger partial charge in [0.25, 0.3) is 0 Å². The van der Waals surface area contributed by atoms with Gasteiger partial charge < -0.3 is 30.0 Å². The van der Waals surface area contributed by atoms with E-state index in [1.165, 1.54) is 0 Å². The van der Waals surface area contributed by atoms with Gasteiger partial charge >= 0.3 is 0 Å². The van der Waals surface area contributed by atoms with Crippen molar-refractivity contribution in [2.75, 3.05) is 6.61 Å². The highest BCUT2D eigenvalue weighted by atomic mass is 16.5. The molecule has 1 aromatic carbocycles. The maximum absolute atomic E-state index is 10.4. The number of carbonyl (C=O) groups is 1. The van der Waals surface area contributed by atoms with Gasteiger partial charge in [-0.25, -0.2) is 0 Å². The quantitative estimate of drug-likeness (QED) is 0.388. The van der Waals surface area contributed by atoms with Crippen molar-refractivity contribution in [1.82, 2.24) is 0 Å². The highest BCUT2D eigenvalue weighted by Crippen LogP contribution is 2.36. The molecule has 0 amide bonds. The molecule has 1 aromatic rings. The Labute approximate surface area is 165 Å². The molecule has 0 saturated heterocycles. The van der Waals surface area contributed by atoms with Crippen LogP contribution in [-0.2, 0) is 4.79 Å². The van der Waals surface area contributed by atoms with Gasteiger partial charge in [-0.15, -0.1) is 0 Å². The largest absolute Gasteiger partial charge is 0.550 e. The number of rotatable bonds is 11. The summed E-state index contributed by atoms with van der Waals surface area (Å²) in [4.78, 5) is 10.4. The molecule has 3 N–H and O–H groups in total. The summed E-state index contributed by atoms with van der Waals surface area (Å²) < 4.78 is 5.51. The fraction of sp³-hybridized carbons (Fsp3) is 0.500. The molecule has 5 atom stereocenters. The lowest BCUT2D eigenvalue weighted by Crippen LogP contribution is -2.21. The summed E-state index contributed by atoms with van der Waals surface area (Å²) in [6, 6.07) is 9.20. The maximum atomic E-state index is 10.4. The fourth-order valence-electron chi connectivity index (χ4n) is 3.45. The lowest BCUT2D eigenvalue weighted by Gasteiger charge is -2.19. The number of unbranched alkanes of at least 4 members (excludes halogenated alkanes) is 1. The number of hydrogen-bond donors (Lipinski definition) is 3. The highest BCUT2D eigenvalue weighted by Gasteiger charge is 2.39. The number of aliphatic hydroxyl groups is 3. The van der Waals surface area contributed by atoms with Gasteiger partial charge in [-0.1, -0.05) is 42.5 Å². The summed E-state index contributed by atoms with van der Waals surface area (Å²) >= 11 is 0. The number of hydrogen-bond acceptors (Lipinski definition) is 6. The summed E-state index contributed by atoms with van der Waals surface area (Å²) in [6.45, 7) is 0.106. The first kappa shape index (κ1) is 22.1. The molecule has 0 radical (unpaired) electrons. The van der Waals surface area contributed by atoms with E-state index < -0.39 is 24.3 Å². The van der Waals surface area contributed by atoms with Gasteiger partial charge in [-0.3, -0.25) is 0 Å². The molecule has 1 saturated carbocycles. The molecule has 0 heterocycles. The van der Waals surface area contributed by atoms with Crippen LogP contribution in [0.3, 0.4) is 0 Å². The zero-order chi connectivity index (χ0) is 20.4. The van der Waals surface area contributed by atoms with Gasteiger partial charge in [0.2, 0.25) is 0 Å². The van der Waals surface area contributed by atoms with Crippen LogP contribution in [0.2, 0.25) is 0 Å². The molecule has 6 nitrogen and oxygen atoms in total. The number of para-hydroxylation sites is 1. The van der Waals surface area contributed by atoms with Crippen LogP contribution in [0.15, 0.2) is 54.6 Å². The fourth-order valence-corrected chi connectivity index (χ4v) is 3.45. The highest BCUT2D eigenvalue weighted by molar-refractivity contribution is 5.64. The van der Waals surface area contributed by atoms with Crippen LogP contribution in [-0.4, -0.2) is 46.2 Å². The third kappa shape index (κ3) is 7.46. The average molecular weight is 389 g/mol. The van der Waals surface area contributed by atoms with E-state index in [-0.39, 0.29) is 24.9 Å². The van der Waals surface area contributed by atoms with Crippen LogP contribution in [0.25, 0.3) is 0 Å². The molecule has 0 spiro atoms. The number of carboxylic acids is 1. The van der Waals surface area contributed by atoms with Crippen LogP contribution >= 0.6 is 0 Å². The average Bonchev–Trinajstić information content (AvgIpc) is 2.94. The predicted octanol–water partition coefficient (Wildman–Crippen LogP) is 1.21. The molecule has 0 aliphatic heterocycles. The third-order valence-corrected chi connectivity index (χ3v) is 4.96. The first-order valence-electron chi connectivity index (χ1n) is 9.72. The van der Waals surface area contributed by atoms with Crippen molar-refractivity contribution in [2.45, 2.75) is 50.4 Å². The second kappa shape index (κ2) is 11.6. The van der Waals surface area contributed by atoms with Gasteiger partial charge in [-0.2, -0.15) is 0 Å². The Bertz CT molecular complexity index is 642. The molecular formula is C22H29O6-. The monoisotopic (exact) mass is 389 g/mol. The van der Waals surface area contributed by atoms with Crippen molar-refractivity contribution in [3.63, 3.8) is 0 Å². The van der Waals surface area contributed by atoms with Gasteiger partial charge in [0, 0.05) is 18.3 Å². The summed E-state index contributed by atoms with van der Waals surface area (Å²) in [5.74, 6) is -0.782. The molecule has 2 unspecified atom stereocenters. The van der Waals surface area contributed by atoms with Crippen LogP contribution in [0.1, 0.15) is 32.1 Å². The van der Waals surface area contributed by atoms with Crippen molar-refractivity contribution >= 4 is 5.97 Å². The number of aliphatic carboxylic acids is 1. The van der Waals surface area contributed by atoms with Gasteiger partial charge in [-0.05, 0) is 43.7 Å². The van der Waals surface area contributed by atoms with Gasteiger partial charge in [0.1, 0.15) is 18.5 Å². The normalized spacial score (nSPS) is 26.1. The number of aliphatic hydroxyl groups excluding tert-OH is 3. The summed E-state index contributed by atoms with van der Waals surface area (Å²) in [5, 5.41) is 40.9. The number of carbonyl (C=O) groups excluding carboxylic acids is 1. The first-order chi connectivity index (χ1) is 13.5. The third-order valence-electron chi connectivity index (χ3n) is 4.96. The molecule has 154 valence electrons. The van der Waals surface area contributed by atoms with Gasteiger partial charge in [0.05, 0.1) is 12.2 Å². The second-order valence-electron chi connectivity index (χ2n) is 7.16. The van der Waals surface area contributed by atoms with E-state index in [4.69, 9.17) is 4.74 Å². The van der Waals surface area contributed by atoms with Crippen molar-refractivity contribution in [2.24, 2.45) is 11.8 Å². The minimum atomic E-state index is -1.05. The minimum absolute atomic E-state index is 0.0312. The molecule has 0 bridgehead atoms. The second-order valence-corrected chi connectivity index (χ2v) is 7.16. The zero-order valence-electron chi connectivity index (χ0n) is 15.9. The lowest BCUT2D eigenvalue weighted by molar-refractivity contribution is -0.305. The van der Waals surface area contributed by atoms with Crippen molar-refractivity contribution in [1.29, 1.82) is 0 Å².